The molecule has 2 aromatic heterocycles. The fourth-order valence-electron chi connectivity index (χ4n) is 5.83. The normalized spacial score (nSPS) is 10.5. The topological polar surface area (TPSA) is 107 Å². The smallest absolute Gasteiger partial charge is 0.205 e. The second kappa shape index (κ2) is 14.9. The summed E-state index contributed by atoms with van der Waals surface area (Å²) >= 11 is 0. The van der Waals surface area contributed by atoms with Crippen LogP contribution in [0.4, 0.5) is 5.69 Å². The Morgan fingerprint density at radius 2 is 1.20 bits per heavy atom. The van der Waals surface area contributed by atoms with Gasteiger partial charge < -0.3 is 9.47 Å². The summed E-state index contributed by atoms with van der Waals surface area (Å²) < 4.78 is 12.5. The van der Waals surface area contributed by atoms with Crippen LogP contribution in [0.25, 0.3) is 38.2 Å². The van der Waals surface area contributed by atoms with Crippen LogP contribution in [0.2, 0.25) is 0 Å². The molecule has 0 saturated carbocycles. The number of ether oxygens (including phenoxy) is 2. The number of nitriles is 1. The molecule has 0 fully saturated rings. The van der Waals surface area contributed by atoms with Crippen molar-refractivity contribution in [2.45, 2.75) is 27.1 Å². The Balaban J connectivity index is 1.21. The molecule has 8 nitrogen and oxygen atoms in total. The molecule has 0 atom stereocenters. The molecule has 0 amide bonds. The van der Waals surface area contributed by atoms with E-state index in [1.165, 1.54) is 12.4 Å². The number of carbonyl (C=O) groups is 2. The zero-order valence-corrected chi connectivity index (χ0v) is 27.4. The van der Waals surface area contributed by atoms with Gasteiger partial charge in [-0.1, -0.05) is 36.4 Å². The van der Waals surface area contributed by atoms with Gasteiger partial charge in [-0.15, -0.1) is 0 Å². The molecule has 0 aliphatic rings. The molecule has 0 unspecified atom stereocenters. The van der Waals surface area contributed by atoms with Crippen LogP contribution in [-0.4, -0.2) is 22.5 Å². The highest BCUT2D eigenvalue weighted by molar-refractivity contribution is 5.89. The van der Waals surface area contributed by atoms with Gasteiger partial charge in [-0.25, -0.2) is 4.85 Å². The molecule has 242 valence electrons. The fraction of sp³-hybridized carbons (Fsp3) is 0.0952. The molecule has 0 N–H and O–H groups in total. The van der Waals surface area contributed by atoms with Gasteiger partial charge in [0.2, 0.25) is 5.69 Å². The van der Waals surface area contributed by atoms with E-state index in [0.29, 0.717) is 69.3 Å². The number of aldehydes is 2. The quantitative estimate of drug-likeness (QED) is 0.101. The third kappa shape index (κ3) is 7.01. The number of pyridine rings is 2. The maximum absolute atomic E-state index is 11.8. The highest BCUT2D eigenvalue weighted by Gasteiger charge is 2.14. The molecule has 6 aromatic rings. The van der Waals surface area contributed by atoms with Gasteiger partial charge in [-0.05, 0) is 112 Å². The summed E-state index contributed by atoms with van der Waals surface area (Å²) in [6, 6.07) is 28.3. The number of aromatic nitrogens is 2. The Morgan fingerprint density at radius 1 is 0.680 bits per heavy atom. The van der Waals surface area contributed by atoms with Crippen molar-refractivity contribution >= 4 is 18.3 Å². The van der Waals surface area contributed by atoms with Crippen LogP contribution in [0, 0.1) is 31.8 Å². The van der Waals surface area contributed by atoms with Gasteiger partial charge in [-0.2, -0.15) is 5.26 Å². The summed E-state index contributed by atoms with van der Waals surface area (Å²) in [7, 11) is 0. The summed E-state index contributed by atoms with van der Waals surface area (Å²) in [5.74, 6) is 1.19. The minimum absolute atomic E-state index is 0.311. The molecule has 0 aliphatic heterocycles. The summed E-state index contributed by atoms with van der Waals surface area (Å²) in [6.07, 6.45) is 7.78. The van der Waals surface area contributed by atoms with Crippen LogP contribution in [-0.2, 0) is 13.2 Å². The summed E-state index contributed by atoms with van der Waals surface area (Å²) in [5.41, 5.74) is 10.7. The van der Waals surface area contributed by atoms with Crippen molar-refractivity contribution in [3.63, 3.8) is 0 Å². The van der Waals surface area contributed by atoms with Crippen LogP contribution in [0.3, 0.4) is 0 Å². The van der Waals surface area contributed by atoms with Crippen LogP contribution >= 0.6 is 0 Å². The minimum Gasteiger partial charge on any atom is -0.489 e. The van der Waals surface area contributed by atoms with E-state index in [4.69, 9.17) is 16.0 Å². The van der Waals surface area contributed by atoms with Gasteiger partial charge in [0, 0.05) is 41.5 Å². The molecule has 0 bridgehead atoms. The Kier molecular flexibility index (Phi) is 9.84. The van der Waals surface area contributed by atoms with Crippen LogP contribution in [0.1, 0.15) is 48.5 Å². The van der Waals surface area contributed by atoms with Gasteiger partial charge in [0.1, 0.15) is 30.8 Å². The van der Waals surface area contributed by atoms with Gasteiger partial charge >= 0.3 is 0 Å². The number of hydrogen-bond donors (Lipinski definition) is 0. The average Bonchev–Trinajstić information content (AvgIpc) is 3.17. The van der Waals surface area contributed by atoms with Crippen molar-refractivity contribution in [1.29, 1.82) is 5.26 Å². The molecular formula is C42H30N4O4. The Morgan fingerprint density at radius 3 is 1.70 bits per heavy atom. The lowest BCUT2D eigenvalue weighted by Gasteiger charge is -2.17. The molecular weight excluding hydrogens is 624 g/mol. The maximum Gasteiger partial charge on any atom is 0.205 e. The van der Waals surface area contributed by atoms with E-state index in [0.717, 1.165) is 46.0 Å². The third-order valence-electron chi connectivity index (χ3n) is 8.62. The lowest BCUT2D eigenvalue weighted by Crippen LogP contribution is -2.02. The van der Waals surface area contributed by atoms with Crippen molar-refractivity contribution < 1.29 is 19.1 Å². The lowest BCUT2D eigenvalue weighted by molar-refractivity contribution is 0.111. The largest absolute Gasteiger partial charge is 0.489 e. The molecule has 0 saturated heterocycles. The number of hydrogen-bond acceptors (Lipinski definition) is 7. The van der Waals surface area contributed by atoms with Crippen LogP contribution < -0.4 is 9.47 Å². The van der Waals surface area contributed by atoms with Crippen molar-refractivity contribution in [3.05, 3.63) is 160 Å². The molecule has 50 heavy (non-hydrogen) atoms. The first-order chi connectivity index (χ1) is 24.4. The maximum atomic E-state index is 11.8. The SMILES string of the molecule is [C-]#[N+]c1cncc(-c2cc(OCc3cccc(-c4cccc(COc5ccc(C=O)c(-c6cncc(C#N)c6)c5)c4C)c3C)ccc2C=O)c1. The van der Waals surface area contributed by atoms with Gasteiger partial charge in [-0.3, -0.25) is 19.6 Å². The first-order valence-electron chi connectivity index (χ1n) is 15.7. The number of nitrogens with zero attached hydrogens (tertiary/aromatic N) is 4. The zero-order valence-electron chi connectivity index (χ0n) is 27.4. The van der Waals surface area contributed by atoms with Crippen molar-refractivity contribution in [3.8, 4) is 50.9 Å². The molecule has 6 rings (SSSR count). The van der Waals surface area contributed by atoms with E-state index in [9.17, 15) is 14.9 Å². The van der Waals surface area contributed by atoms with Crippen LogP contribution in [0.5, 0.6) is 11.5 Å². The predicted molar refractivity (Wildman–Crippen MR) is 191 cm³/mol. The third-order valence-corrected chi connectivity index (χ3v) is 8.62. The number of carbonyl (C=O) groups excluding carboxylic acids is 2. The monoisotopic (exact) mass is 654 g/mol. The Labute approximate surface area is 290 Å². The number of rotatable bonds is 11. The Bertz CT molecular complexity index is 2170. The van der Waals surface area contributed by atoms with Gasteiger partial charge in [0.05, 0.1) is 12.1 Å². The second-order valence-electron chi connectivity index (χ2n) is 11.6. The van der Waals surface area contributed by atoms with Gasteiger partial charge in [0.25, 0.3) is 0 Å². The first-order valence-corrected chi connectivity index (χ1v) is 15.7. The van der Waals surface area contributed by atoms with Gasteiger partial charge in [0.15, 0.2) is 12.6 Å². The molecule has 4 aromatic carbocycles. The van der Waals surface area contributed by atoms with E-state index in [2.05, 4.69) is 46.9 Å². The van der Waals surface area contributed by atoms with E-state index < -0.39 is 0 Å². The van der Waals surface area contributed by atoms with E-state index >= 15 is 0 Å². The average molecular weight is 655 g/mol. The van der Waals surface area contributed by atoms with Crippen molar-refractivity contribution in [2.75, 3.05) is 0 Å². The highest BCUT2D eigenvalue weighted by Crippen LogP contribution is 2.34. The standard InChI is InChI=1S/C42H30N4O4/c1-27-32(25-49-37-12-10-30(23-47)41(16-37)34-14-29(18-43)19-45-20-34)6-4-8-39(27)40-9-5-7-33(28(40)2)26-50-38-13-11-31(24-48)42(17-38)35-15-36(44-3)22-46-21-35/h4-17,19-24H,25-26H2,1-2H3. The zero-order chi connectivity index (χ0) is 35.0. The Hall–Kier alpha value is -6.90. The van der Waals surface area contributed by atoms with E-state index in [-0.39, 0.29) is 0 Å². The fourth-order valence-corrected chi connectivity index (χ4v) is 5.83. The van der Waals surface area contributed by atoms with E-state index in [1.54, 1.807) is 60.9 Å². The summed E-state index contributed by atoms with van der Waals surface area (Å²) in [4.78, 5) is 35.3. The van der Waals surface area contributed by atoms with Crippen LogP contribution in [0.15, 0.2) is 110 Å². The molecule has 2 heterocycles. The lowest BCUT2D eigenvalue weighted by atomic mass is 9.92. The number of benzene rings is 4. The minimum atomic E-state index is 0.311. The van der Waals surface area contributed by atoms with Crippen molar-refractivity contribution in [1.82, 2.24) is 9.97 Å². The summed E-state index contributed by atoms with van der Waals surface area (Å²) in [6.45, 7) is 12.1. The predicted octanol–water partition coefficient (Wildman–Crippen LogP) is 9.30. The molecule has 0 spiro atoms. The summed E-state index contributed by atoms with van der Waals surface area (Å²) in [5, 5.41) is 9.30. The second-order valence-corrected chi connectivity index (χ2v) is 11.6. The molecule has 8 heteroatoms. The highest BCUT2D eigenvalue weighted by atomic mass is 16.5. The molecule has 0 aliphatic carbocycles. The van der Waals surface area contributed by atoms with Crippen molar-refractivity contribution in [2.24, 2.45) is 0 Å². The first kappa shape index (κ1) is 33.0. The van der Waals surface area contributed by atoms with E-state index in [1.807, 2.05) is 24.3 Å². The molecule has 0 radical (unpaired) electrons.